The van der Waals surface area contributed by atoms with Gasteiger partial charge < -0.3 is 10.6 Å². The van der Waals surface area contributed by atoms with Crippen molar-refractivity contribution < 1.29 is 8.42 Å². The van der Waals surface area contributed by atoms with E-state index in [0.29, 0.717) is 26.1 Å². The Morgan fingerprint density at radius 2 is 1.83 bits per heavy atom. The van der Waals surface area contributed by atoms with Crippen LogP contribution in [0.25, 0.3) is 0 Å². The molecule has 0 aliphatic carbocycles. The monoisotopic (exact) mass is 280 g/mol. The fraction of sp³-hybridized carbons (Fsp3) is 1.00. The lowest BCUT2D eigenvalue weighted by Gasteiger charge is -2.21. The first-order valence-electron chi connectivity index (χ1n) is 6.61. The predicted molar refractivity (Wildman–Crippen MR) is 75.6 cm³/mol. The van der Waals surface area contributed by atoms with E-state index in [9.17, 15) is 8.42 Å². The smallest absolute Gasteiger partial charge is 0.279 e. The molecule has 0 radical (unpaired) electrons. The number of nitrogens with zero attached hydrogens (tertiary/aromatic N) is 2. The van der Waals surface area contributed by atoms with Crippen molar-refractivity contribution in [3.8, 4) is 0 Å². The summed E-state index contributed by atoms with van der Waals surface area (Å²) in [5, 5.41) is 0. The number of hydrogen-bond acceptors (Lipinski definition) is 4. The van der Waals surface area contributed by atoms with E-state index in [0.717, 1.165) is 26.1 Å². The van der Waals surface area contributed by atoms with Crippen molar-refractivity contribution in [2.75, 3.05) is 46.3 Å². The van der Waals surface area contributed by atoms with Crippen LogP contribution in [0.4, 0.5) is 0 Å². The number of nitrogens with one attached hydrogen (secondary N) is 1. The molecule has 0 saturated heterocycles. The van der Waals surface area contributed by atoms with E-state index < -0.39 is 10.2 Å². The molecule has 0 aliphatic heterocycles. The minimum atomic E-state index is -3.35. The summed E-state index contributed by atoms with van der Waals surface area (Å²) in [4.78, 5) is 2.22. The minimum Gasteiger partial charge on any atom is -0.330 e. The zero-order valence-corrected chi connectivity index (χ0v) is 12.7. The number of nitrogens with two attached hydrogens (primary N) is 1. The molecule has 18 heavy (non-hydrogen) atoms. The van der Waals surface area contributed by atoms with Crippen LogP contribution in [0.15, 0.2) is 0 Å². The van der Waals surface area contributed by atoms with Crippen molar-refractivity contribution in [2.24, 2.45) is 5.73 Å². The molecule has 0 aromatic carbocycles. The molecule has 6 nitrogen and oxygen atoms in total. The molecule has 3 N–H and O–H groups in total. The minimum absolute atomic E-state index is 0.448. The number of hydrogen-bond donors (Lipinski definition) is 2. The Hall–Kier alpha value is -0.210. The normalized spacial score (nSPS) is 12.6. The maximum Gasteiger partial charge on any atom is 0.279 e. The average molecular weight is 280 g/mol. The molecule has 0 bridgehead atoms. The summed E-state index contributed by atoms with van der Waals surface area (Å²) >= 11 is 0. The van der Waals surface area contributed by atoms with E-state index in [1.54, 1.807) is 7.05 Å². The van der Waals surface area contributed by atoms with Gasteiger partial charge in [0, 0.05) is 26.7 Å². The summed E-state index contributed by atoms with van der Waals surface area (Å²) in [5.74, 6) is 0. The quantitative estimate of drug-likeness (QED) is 0.551. The van der Waals surface area contributed by atoms with Crippen LogP contribution in [0.5, 0.6) is 0 Å². The topological polar surface area (TPSA) is 78.7 Å². The van der Waals surface area contributed by atoms with Gasteiger partial charge in [-0.2, -0.15) is 12.7 Å². The molecule has 7 heteroatoms. The van der Waals surface area contributed by atoms with E-state index in [1.807, 2.05) is 0 Å². The van der Waals surface area contributed by atoms with Crippen molar-refractivity contribution in [1.29, 1.82) is 0 Å². The Bertz CT molecular complexity index is 295. The van der Waals surface area contributed by atoms with Crippen LogP contribution in [0.3, 0.4) is 0 Å². The van der Waals surface area contributed by atoms with Gasteiger partial charge in [-0.05, 0) is 32.5 Å². The highest BCUT2D eigenvalue weighted by Crippen LogP contribution is 1.95. The highest BCUT2D eigenvalue weighted by molar-refractivity contribution is 7.87. The summed E-state index contributed by atoms with van der Waals surface area (Å²) in [5.41, 5.74) is 5.36. The van der Waals surface area contributed by atoms with Gasteiger partial charge in [0.15, 0.2) is 0 Å². The van der Waals surface area contributed by atoms with Crippen LogP contribution in [-0.4, -0.2) is 63.9 Å². The summed E-state index contributed by atoms with van der Waals surface area (Å²) < 4.78 is 27.6. The molecule has 0 fully saturated rings. The summed E-state index contributed by atoms with van der Waals surface area (Å²) in [7, 11) is -1.78. The Kier molecular flexibility index (Phi) is 9.57. The van der Waals surface area contributed by atoms with E-state index in [4.69, 9.17) is 5.73 Å². The lowest BCUT2D eigenvalue weighted by Crippen LogP contribution is -2.42. The van der Waals surface area contributed by atoms with Crippen LogP contribution < -0.4 is 10.5 Å². The van der Waals surface area contributed by atoms with Gasteiger partial charge in [-0.15, -0.1) is 0 Å². The molecule has 0 aliphatic rings. The van der Waals surface area contributed by atoms with E-state index in [-0.39, 0.29) is 0 Å². The van der Waals surface area contributed by atoms with Crippen LogP contribution in [-0.2, 0) is 10.2 Å². The molecule has 110 valence electrons. The highest BCUT2D eigenvalue weighted by Gasteiger charge is 2.16. The molecule has 0 heterocycles. The van der Waals surface area contributed by atoms with Gasteiger partial charge in [0.25, 0.3) is 10.2 Å². The van der Waals surface area contributed by atoms with Crippen molar-refractivity contribution in [3.05, 3.63) is 0 Å². The summed E-state index contributed by atoms with van der Waals surface area (Å²) in [6.07, 6.45) is 1.76. The molecule has 0 atom stereocenters. The van der Waals surface area contributed by atoms with E-state index in [2.05, 4.69) is 23.5 Å². The van der Waals surface area contributed by atoms with Gasteiger partial charge in [-0.25, -0.2) is 4.72 Å². The molecular formula is C11H28N4O2S. The van der Waals surface area contributed by atoms with Crippen LogP contribution >= 0.6 is 0 Å². The standard InChI is InChI=1S/C11H28N4O2S/c1-4-9-15(5-2)11-8-13-18(16,17)14(3)10-6-7-12/h13H,4-12H2,1-3H3. The third-order valence-corrected chi connectivity index (χ3v) is 4.36. The first-order chi connectivity index (χ1) is 8.47. The molecule has 0 rings (SSSR count). The largest absolute Gasteiger partial charge is 0.330 e. The molecule has 0 aromatic heterocycles. The van der Waals surface area contributed by atoms with Crippen molar-refractivity contribution in [3.63, 3.8) is 0 Å². The second kappa shape index (κ2) is 9.69. The molecule has 0 aromatic rings. The average Bonchev–Trinajstić information content (AvgIpc) is 2.34. The molecule has 0 unspecified atom stereocenters. The van der Waals surface area contributed by atoms with Crippen LogP contribution in [0, 0.1) is 0 Å². The Balaban J connectivity index is 4.02. The Morgan fingerprint density at radius 3 is 2.33 bits per heavy atom. The maximum absolute atomic E-state index is 11.8. The van der Waals surface area contributed by atoms with Gasteiger partial charge in [0.05, 0.1) is 0 Å². The molecule has 0 spiro atoms. The predicted octanol–water partition coefficient (Wildman–Crippen LogP) is -0.167. The third-order valence-electron chi connectivity index (χ3n) is 2.79. The van der Waals surface area contributed by atoms with Crippen molar-refractivity contribution >= 4 is 10.2 Å². The van der Waals surface area contributed by atoms with Crippen LogP contribution in [0.1, 0.15) is 26.7 Å². The molecule has 0 amide bonds. The van der Waals surface area contributed by atoms with Gasteiger partial charge in [-0.3, -0.25) is 0 Å². The maximum atomic E-state index is 11.8. The van der Waals surface area contributed by atoms with Crippen LogP contribution in [0.2, 0.25) is 0 Å². The lowest BCUT2D eigenvalue weighted by molar-refractivity contribution is 0.292. The van der Waals surface area contributed by atoms with Gasteiger partial charge in [-0.1, -0.05) is 13.8 Å². The SMILES string of the molecule is CCCN(CC)CCNS(=O)(=O)N(C)CCCN. The fourth-order valence-electron chi connectivity index (χ4n) is 1.62. The second-order valence-corrected chi connectivity index (χ2v) is 6.16. The Morgan fingerprint density at radius 1 is 1.17 bits per heavy atom. The van der Waals surface area contributed by atoms with E-state index >= 15 is 0 Å². The lowest BCUT2D eigenvalue weighted by atomic mass is 10.4. The second-order valence-electron chi connectivity index (χ2n) is 4.30. The Labute approximate surface area is 112 Å². The first-order valence-corrected chi connectivity index (χ1v) is 8.05. The summed E-state index contributed by atoms with van der Waals surface area (Å²) in [6, 6.07) is 0. The third kappa shape index (κ3) is 7.27. The first kappa shape index (κ1) is 17.8. The fourth-order valence-corrected chi connectivity index (χ4v) is 2.56. The van der Waals surface area contributed by atoms with Crippen molar-refractivity contribution in [2.45, 2.75) is 26.7 Å². The highest BCUT2D eigenvalue weighted by atomic mass is 32.2. The zero-order valence-electron chi connectivity index (χ0n) is 11.9. The van der Waals surface area contributed by atoms with Gasteiger partial charge >= 0.3 is 0 Å². The number of likely N-dealkylation sites (N-methyl/N-ethyl adjacent to an activating group) is 1. The molecular weight excluding hydrogens is 252 g/mol. The zero-order chi connectivity index (χ0) is 14.0. The van der Waals surface area contributed by atoms with Gasteiger partial charge in [0.1, 0.15) is 0 Å². The van der Waals surface area contributed by atoms with Crippen molar-refractivity contribution in [1.82, 2.24) is 13.9 Å². The summed E-state index contributed by atoms with van der Waals surface area (Å²) in [6.45, 7) is 8.29. The number of rotatable bonds is 11. The van der Waals surface area contributed by atoms with E-state index in [1.165, 1.54) is 4.31 Å². The van der Waals surface area contributed by atoms with Gasteiger partial charge in [0.2, 0.25) is 0 Å². The molecule has 0 saturated carbocycles.